The summed E-state index contributed by atoms with van der Waals surface area (Å²) in [5.74, 6) is 0.355. The SMILES string of the molecule is Cc1nc(CC2(O)CCC(C)(C)CC2C)cs1. The van der Waals surface area contributed by atoms with Crippen LogP contribution in [0, 0.1) is 18.3 Å². The molecule has 0 amide bonds. The van der Waals surface area contributed by atoms with Crippen LogP contribution in [0.15, 0.2) is 5.38 Å². The highest BCUT2D eigenvalue weighted by atomic mass is 32.1. The van der Waals surface area contributed by atoms with Gasteiger partial charge in [0, 0.05) is 11.8 Å². The van der Waals surface area contributed by atoms with Crippen molar-refractivity contribution in [1.82, 2.24) is 4.98 Å². The molecule has 1 aromatic heterocycles. The Balaban J connectivity index is 2.09. The number of rotatable bonds is 2. The fraction of sp³-hybridized carbons (Fsp3) is 0.786. The largest absolute Gasteiger partial charge is 0.389 e. The van der Waals surface area contributed by atoms with Crippen molar-refractivity contribution in [3.8, 4) is 0 Å². The Labute approximate surface area is 108 Å². The molecule has 17 heavy (non-hydrogen) atoms. The minimum atomic E-state index is -0.546. The zero-order valence-corrected chi connectivity index (χ0v) is 12.1. The van der Waals surface area contributed by atoms with Crippen LogP contribution in [0.3, 0.4) is 0 Å². The second kappa shape index (κ2) is 4.36. The fourth-order valence-electron chi connectivity index (χ4n) is 2.99. The Morgan fingerprint density at radius 3 is 2.71 bits per heavy atom. The van der Waals surface area contributed by atoms with E-state index in [-0.39, 0.29) is 0 Å². The first kappa shape index (κ1) is 13.0. The smallest absolute Gasteiger partial charge is 0.0897 e. The molecule has 0 spiro atoms. The van der Waals surface area contributed by atoms with Gasteiger partial charge in [0.2, 0.25) is 0 Å². The van der Waals surface area contributed by atoms with Gasteiger partial charge in [0.15, 0.2) is 0 Å². The average Bonchev–Trinajstić information content (AvgIpc) is 2.59. The topological polar surface area (TPSA) is 33.1 Å². The van der Waals surface area contributed by atoms with Gasteiger partial charge in [0.05, 0.1) is 16.3 Å². The first-order chi connectivity index (χ1) is 7.81. The molecule has 1 heterocycles. The molecule has 1 aromatic rings. The van der Waals surface area contributed by atoms with Crippen LogP contribution in [0.4, 0.5) is 0 Å². The number of thiazole rings is 1. The molecule has 0 aromatic carbocycles. The monoisotopic (exact) mass is 253 g/mol. The van der Waals surface area contributed by atoms with E-state index in [9.17, 15) is 5.11 Å². The average molecular weight is 253 g/mol. The van der Waals surface area contributed by atoms with Crippen molar-refractivity contribution in [2.24, 2.45) is 11.3 Å². The van der Waals surface area contributed by atoms with E-state index >= 15 is 0 Å². The Morgan fingerprint density at radius 2 is 2.18 bits per heavy atom. The lowest BCUT2D eigenvalue weighted by molar-refractivity contribution is -0.0709. The summed E-state index contributed by atoms with van der Waals surface area (Å²) in [6.45, 7) is 8.80. The first-order valence-corrected chi connectivity index (χ1v) is 7.32. The molecule has 1 fully saturated rings. The van der Waals surface area contributed by atoms with Crippen molar-refractivity contribution in [2.45, 2.75) is 59.0 Å². The molecular formula is C14H23NOS. The molecule has 1 aliphatic carbocycles. The minimum absolute atomic E-state index is 0.355. The van der Waals surface area contributed by atoms with Crippen molar-refractivity contribution in [3.05, 3.63) is 16.1 Å². The second-order valence-electron chi connectivity index (χ2n) is 6.41. The number of nitrogens with zero attached hydrogens (tertiary/aromatic N) is 1. The summed E-state index contributed by atoms with van der Waals surface area (Å²) in [7, 11) is 0. The summed E-state index contributed by atoms with van der Waals surface area (Å²) in [5.41, 5.74) is 0.890. The molecule has 0 aliphatic heterocycles. The third-order valence-corrected chi connectivity index (χ3v) is 4.99. The van der Waals surface area contributed by atoms with Gasteiger partial charge in [-0.3, -0.25) is 0 Å². The predicted octanol–water partition coefficient (Wildman–Crippen LogP) is 3.57. The van der Waals surface area contributed by atoms with Crippen LogP contribution in [0.5, 0.6) is 0 Å². The van der Waals surface area contributed by atoms with Gasteiger partial charge in [-0.05, 0) is 37.5 Å². The van der Waals surface area contributed by atoms with Crippen LogP contribution >= 0.6 is 11.3 Å². The lowest BCUT2D eigenvalue weighted by Gasteiger charge is -2.45. The zero-order chi connectivity index (χ0) is 12.7. The maximum atomic E-state index is 10.8. The van der Waals surface area contributed by atoms with E-state index in [1.165, 1.54) is 0 Å². The fourth-order valence-corrected chi connectivity index (χ4v) is 3.60. The van der Waals surface area contributed by atoms with Crippen molar-refractivity contribution in [1.29, 1.82) is 0 Å². The lowest BCUT2D eigenvalue weighted by atomic mass is 9.64. The maximum absolute atomic E-state index is 10.8. The molecule has 0 saturated heterocycles. The molecule has 1 N–H and O–H groups in total. The third-order valence-electron chi connectivity index (χ3n) is 4.16. The molecule has 2 unspecified atom stereocenters. The van der Waals surface area contributed by atoms with E-state index in [2.05, 4.69) is 31.1 Å². The van der Waals surface area contributed by atoms with Crippen molar-refractivity contribution in [2.75, 3.05) is 0 Å². The van der Waals surface area contributed by atoms with Gasteiger partial charge in [0.1, 0.15) is 0 Å². The standard InChI is InChI=1S/C14H23NOS/c1-10-7-13(3,4)5-6-14(10,16)8-12-9-17-11(2)15-12/h9-10,16H,5-8H2,1-4H3. The minimum Gasteiger partial charge on any atom is -0.389 e. The van der Waals surface area contributed by atoms with Crippen LogP contribution < -0.4 is 0 Å². The number of hydrogen-bond donors (Lipinski definition) is 1. The highest BCUT2D eigenvalue weighted by Crippen LogP contribution is 2.45. The molecule has 2 atom stereocenters. The number of aryl methyl sites for hydroxylation is 1. The normalized spacial score (nSPS) is 32.6. The number of aromatic nitrogens is 1. The Hall–Kier alpha value is -0.410. The van der Waals surface area contributed by atoms with E-state index in [1.54, 1.807) is 11.3 Å². The molecule has 96 valence electrons. The number of aliphatic hydroxyl groups is 1. The summed E-state index contributed by atoms with van der Waals surface area (Å²) in [6.07, 6.45) is 3.83. The highest BCUT2D eigenvalue weighted by molar-refractivity contribution is 7.09. The third kappa shape index (κ3) is 2.89. The lowest BCUT2D eigenvalue weighted by Crippen LogP contribution is -2.45. The van der Waals surface area contributed by atoms with E-state index in [1.807, 2.05) is 6.92 Å². The van der Waals surface area contributed by atoms with E-state index in [0.29, 0.717) is 17.8 Å². The van der Waals surface area contributed by atoms with Crippen LogP contribution in [-0.2, 0) is 6.42 Å². The van der Waals surface area contributed by atoms with Crippen LogP contribution in [0.1, 0.15) is 50.7 Å². The summed E-state index contributed by atoms with van der Waals surface area (Å²) in [5, 5.41) is 14.0. The van der Waals surface area contributed by atoms with Crippen LogP contribution in [-0.4, -0.2) is 15.7 Å². The van der Waals surface area contributed by atoms with Gasteiger partial charge < -0.3 is 5.11 Å². The molecule has 1 aliphatic rings. The second-order valence-corrected chi connectivity index (χ2v) is 7.47. The Bertz CT molecular complexity index is 399. The molecule has 2 rings (SSSR count). The van der Waals surface area contributed by atoms with Crippen molar-refractivity contribution < 1.29 is 5.11 Å². The highest BCUT2D eigenvalue weighted by Gasteiger charge is 2.42. The molecule has 0 radical (unpaired) electrons. The van der Waals surface area contributed by atoms with Crippen LogP contribution in [0.25, 0.3) is 0 Å². The van der Waals surface area contributed by atoms with Gasteiger partial charge >= 0.3 is 0 Å². The van der Waals surface area contributed by atoms with E-state index in [0.717, 1.165) is 30.0 Å². The first-order valence-electron chi connectivity index (χ1n) is 6.44. The van der Waals surface area contributed by atoms with Crippen LogP contribution in [0.2, 0.25) is 0 Å². The Kier molecular flexibility index (Phi) is 3.34. The zero-order valence-electron chi connectivity index (χ0n) is 11.3. The molecule has 0 bridgehead atoms. The molecule has 2 nitrogen and oxygen atoms in total. The summed E-state index contributed by atoms with van der Waals surface area (Å²) < 4.78 is 0. The summed E-state index contributed by atoms with van der Waals surface area (Å²) >= 11 is 1.67. The molecular weight excluding hydrogens is 230 g/mol. The van der Waals surface area contributed by atoms with E-state index in [4.69, 9.17) is 0 Å². The molecule has 1 saturated carbocycles. The van der Waals surface area contributed by atoms with Gasteiger partial charge in [-0.15, -0.1) is 11.3 Å². The van der Waals surface area contributed by atoms with Crippen molar-refractivity contribution in [3.63, 3.8) is 0 Å². The Morgan fingerprint density at radius 1 is 1.47 bits per heavy atom. The van der Waals surface area contributed by atoms with Gasteiger partial charge in [-0.25, -0.2) is 4.98 Å². The summed E-state index contributed by atoms with van der Waals surface area (Å²) in [6, 6.07) is 0. The maximum Gasteiger partial charge on any atom is 0.0897 e. The van der Waals surface area contributed by atoms with Gasteiger partial charge in [0.25, 0.3) is 0 Å². The quantitative estimate of drug-likeness (QED) is 0.874. The predicted molar refractivity (Wildman–Crippen MR) is 72.3 cm³/mol. The van der Waals surface area contributed by atoms with E-state index < -0.39 is 5.60 Å². The van der Waals surface area contributed by atoms with Gasteiger partial charge in [-0.2, -0.15) is 0 Å². The summed E-state index contributed by atoms with van der Waals surface area (Å²) in [4.78, 5) is 4.48. The molecule has 3 heteroatoms. The van der Waals surface area contributed by atoms with Crippen molar-refractivity contribution >= 4 is 11.3 Å². The van der Waals surface area contributed by atoms with Gasteiger partial charge in [-0.1, -0.05) is 20.8 Å². The number of hydrogen-bond acceptors (Lipinski definition) is 3.